The van der Waals surface area contributed by atoms with Crippen LogP contribution in [0.4, 0.5) is 11.4 Å². The first-order chi connectivity index (χ1) is 10.8. The number of phenolic OH excluding ortho intramolecular Hbond substituents is 1. The Labute approximate surface area is 135 Å². The van der Waals surface area contributed by atoms with Crippen LogP contribution in [0.3, 0.4) is 0 Å². The molecule has 0 aromatic heterocycles. The number of benzene rings is 1. The van der Waals surface area contributed by atoms with Gasteiger partial charge >= 0.3 is 10.2 Å². The fraction of sp³-hybridized carbons (Fsp3) is 0.500. The van der Waals surface area contributed by atoms with E-state index in [1.165, 1.54) is 6.07 Å². The first-order valence-corrected chi connectivity index (χ1v) is 8.89. The van der Waals surface area contributed by atoms with Gasteiger partial charge in [-0.05, 0) is 31.4 Å². The van der Waals surface area contributed by atoms with Gasteiger partial charge in [-0.3, -0.25) is 4.79 Å². The van der Waals surface area contributed by atoms with Crippen LogP contribution in [0.1, 0.15) is 18.4 Å². The maximum atomic E-state index is 12.0. The summed E-state index contributed by atoms with van der Waals surface area (Å²) in [7, 11) is -3.94. The molecule has 0 bridgehead atoms. The Morgan fingerprint density at radius 1 is 1.30 bits per heavy atom. The highest BCUT2D eigenvalue weighted by Crippen LogP contribution is 2.38. The maximum Gasteiger partial charge on any atom is 0.326 e. The highest BCUT2D eigenvalue weighted by atomic mass is 32.2. The molecule has 4 N–H and O–H groups in total. The van der Waals surface area contributed by atoms with E-state index in [2.05, 4.69) is 4.90 Å². The minimum Gasteiger partial charge on any atom is -0.506 e. The smallest absolute Gasteiger partial charge is 0.326 e. The van der Waals surface area contributed by atoms with E-state index in [0.717, 1.165) is 35.9 Å². The molecule has 0 atom stereocenters. The summed E-state index contributed by atoms with van der Waals surface area (Å²) in [6.45, 7) is 2.98. The molecule has 2 fully saturated rings. The van der Waals surface area contributed by atoms with E-state index >= 15 is 0 Å². The average Bonchev–Trinajstić information content (AvgIpc) is 2.71. The lowest BCUT2D eigenvalue weighted by atomic mass is 10.0. The number of anilines is 2. The molecule has 0 radical (unpaired) electrons. The van der Waals surface area contributed by atoms with Crippen molar-refractivity contribution >= 4 is 27.5 Å². The van der Waals surface area contributed by atoms with Gasteiger partial charge in [-0.1, -0.05) is 0 Å². The molecular formula is C14H20N4O4S. The molecule has 1 amide bonds. The lowest BCUT2D eigenvalue weighted by Gasteiger charge is -2.33. The zero-order chi connectivity index (χ0) is 16.8. The largest absolute Gasteiger partial charge is 0.506 e. The Bertz CT molecular complexity index is 718. The summed E-state index contributed by atoms with van der Waals surface area (Å²) in [5, 5.41) is 10.3. The van der Waals surface area contributed by atoms with E-state index in [9.17, 15) is 18.3 Å². The SMILES string of the molecule is Cc1cc(N2CCC(N)CC2)cc(O)c1N1CC(=O)NS1(=O)=O. The van der Waals surface area contributed by atoms with Crippen LogP contribution in [0.25, 0.3) is 0 Å². The van der Waals surface area contributed by atoms with Crippen molar-refractivity contribution in [3.05, 3.63) is 17.7 Å². The minimum atomic E-state index is -3.94. The molecule has 1 aromatic carbocycles. The van der Waals surface area contributed by atoms with Crippen LogP contribution in [-0.4, -0.2) is 45.1 Å². The zero-order valence-electron chi connectivity index (χ0n) is 12.8. The van der Waals surface area contributed by atoms with Gasteiger partial charge < -0.3 is 15.7 Å². The first kappa shape index (κ1) is 15.9. The number of phenols is 1. The molecule has 0 aliphatic carbocycles. The normalized spacial score (nSPS) is 21.6. The monoisotopic (exact) mass is 340 g/mol. The minimum absolute atomic E-state index is 0.140. The summed E-state index contributed by atoms with van der Waals surface area (Å²) in [5.74, 6) is -0.771. The molecule has 8 nitrogen and oxygen atoms in total. The summed E-state index contributed by atoms with van der Waals surface area (Å²) in [6.07, 6.45) is 1.75. The molecule has 0 spiro atoms. The number of hydrogen-bond acceptors (Lipinski definition) is 6. The quantitative estimate of drug-likeness (QED) is 0.687. The number of piperidine rings is 1. The molecule has 0 unspecified atom stereocenters. The van der Waals surface area contributed by atoms with Gasteiger partial charge in [0.25, 0.3) is 5.91 Å². The van der Waals surface area contributed by atoms with E-state index in [4.69, 9.17) is 5.73 Å². The van der Waals surface area contributed by atoms with Gasteiger partial charge in [-0.15, -0.1) is 0 Å². The Morgan fingerprint density at radius 3 is 2.48 bits per heavy atom. The number of aromatic hydroxyl groups is 1. The Hall–Kier alpha value is -2.00. The molecular weight excluding hydrogens is 320 g/mol. The second-order valence-electron chi connectivity index (χ2n) is 5.99. The van der Waals surface area contributed by atoms with Gasteiger partial charge in [0.05, 0.1) is 5.69 Å². The molecule has 23 heavy (non-hydrogen) atoms. The zero-order valence-corrected chi connectivity index (χ0v) is 13.6. The first-order valence-electron chi connectivity index (χ1n) is 7.45. The third-order valence-corrected chi connectivity index (χ3v) is 5.62. The van der Waals surface area contributed by atoms with E-state index in [1.54, 1.807) is 6.92 Å². The van der Waals surface area contributed by atoms with Crippen LogP contribution in [0.15, 0.2) is 12.1 Å². The molecule has 2 saturated heterocycles. The highest BCUT2D eigenvalue weighted by molar-refractivity contribution is 7.92. The lowest BCUT2D eigenvalue weighted by molar-refractivity contribution is -0.117. The number of carbonyl (C=O) groups excluding carboxylic acids is 1. The molecule has 1 aromatic rings. The second kappa shape index (κ2) is 5.57. The fourth-order valence-electron chi connectivity index (χ4n) is 3.05. The van der Waals surface area contributed by atoms with Crippen molar-refractivity contribution in [2.24, 2.45) is 5.73 Å². The van der Waals surface area contributed by atoms with Crippen molar-refractivity contribution in [2.75, 3.05) is 28.8 Å². The van der Waals surface area contributed by atoms with Crippen molar-refractivity contribution in [1.29, 1.82) is 0 Å². The maximum absolute atomic E-state index is 12.0. The van der Waals surface area contributed by atoms with E-state index in [0.29, 0.717) is 5.56 Å². The number of amides is 1. The average molecular weight is 340 g/mol. The van der Waals surface area contributed by atoms with Gasteiger partial charge in [0.15, 0.2) is 0 Å². The van der Waals surface area contributed by atoms with Crippen molar-refractivity contribution < 1.29 is 18.3 Å². The summed E-state index contributed by atoms with van der Waals surface area (Å²) in [6, 6.07) is 3.56. The van der Waals surface area contributed by atoms with Gasteiger partial charge in [0, 0.05) is 30.9 Å². The Morgan fingerprint density at radius 2 is 1.96 bits per heavy atom. The van der Waals surface area contributed by atoms with Crippen LogP contribution >= 0.6 is 0 Å². The molecule has 3 rings (SSSR count). The number of nitrogens with zero attached hydrogens (tertiary/aromatic N) is 2. The van der Waals surface area contributed by atoms with Crippen LogP contribution in [0, 0.1) is 6.92 Å². The topological polar surface area (TPSA) is 116 Å². The number of hydrogen-bond donors (Lipinski definition) is 3. The summed E-state index contributed by atoms with van der Waals surface area (Å²) in [5.41, 5.74) is 7.45. The fourth-order valence-corrected chi connectivity index (χ4v) is 4.28. The highest BCUT2D eigenvalue weighted by Gasteiger charge is 2.36. The number of nitrogens with one attached hydrogen (secondary N) is 1. The Balaban J connectivity index is 1.94. The Kier molecular flexibility index (Phi) is 3.85. The molecule has 2 heterocycles. The lowest BCUT2D eigenvalue weighted by Crippen LogP contribution is -2.39. The van der Waals surface area contributed by atoms with E-state index in [1.807, 2.05) is 10.8 Å². The standard InChI is InChI=1S/C14H20N4O4S/c1-9-6-11(17-4-2-10(15)3-5-17)7-12(19)14(9)18-8-13(20)16-23(18,21)22/h6-7,10,19H,2-5,8,15H2,1H3,(H,16,20). The molecule has 126 valence electrons. The van der Waals surface area contributed by atoms with Gasteiger partial charge in [-0.25, -0.2) is 9.03 Å². The third-order valence-electron chi connectivity index (χ3n) is 4.24. The van der Waals surface area contributed by atoms with Crippen LogP contribution in [0.5, 0.6) is 5.75 Å². The summed E-state index contributed by atoms with van der Waals surface area (Å²) < 4.78 is 26.7. The second-order valence-corrected chi connectivity index (χ2v) is 7.59. The summed E-state index contributed by atoms with van der Waals surface area (Å²) >= 11 is 0. The third kappa shape index (κ3) is 2.93. The number of rotatable bonds is 2. The van der Waals surface area contributed by atoms with Crippen molar-refractivity contribution in [2.45, 2.75) is 25.8 Å². The molecule has 2 aliphatic rings. The van der Waals surface area contributed by atoms with Crippen LogP contribution < -0.4 is 19.7 Å². The van der Waals surface area contributed by atoms with E-state index in [-0.39, 0.29) is 24.0 Å². The molecule has 9 heteroatoms. The number of carbonyl (C=O) groups is 1. The summed E-state index contributed by atoms with van der Waals surface area (Å²) in [4.78, 5) is 13.5. The predicted octanol–water partition coefficient (Wildman–Crippen LogP) is -0.191. The molecule has 0 saturated carbocycles. The molecule has 2 aliphatic heterocycles. The van der Waals surface area contributed by atoms with Gasteiger partial charge in [0.1, 0.15) is 12.3 Å². The van der Waals surface area contributed by atoms with Crippen LogP contribution in [0.2, 0.25) is 0 Å². The van der Waals surface area contributed by atoms with Gasteiger partial charge in [-0.2, -0.15) is 8.42 Å². The number of aryl methyl sites for hydroxylation is 1. The van der Waals surface area contributed by atoms with E-state index < -0.39 is 16.1 Å². The predicted molar refractivity (Wildman–Crippen MR) is 86.7 cm³/mol. The van der Waals surface area contributed by atoms with Crippen molar-refractivity contribution in [3.8, 4) is 5.75 Å². The van der Waals surface area contributed by atoms with Crippen molar-refractivity contribution in [3.63, 3.8) is 0 Å². The van der Waals surface area contributed by atoms with Crippen LogP contribution in [-0.2, 0) is 15.0 Å². The van der Waals surface area contributed by atoms with Gasteiger partial charge in [0.2, 0.25) is 0 Å². The van der Waals surface area contributed by atoms with Crippen molar-refractivity contribution in [1.82, 2.24) is 4.72 Å². The number of nitrogens with two attached hydrogens (primary N) is 1.